The zero-order chi connectivity index (χ0) is 14.0. The van der Waals surface area contributed by atoms with E-state index in [-0.39, 0.29) is 36.8 Å². The van der Waals surface area contributed by atoms with Crippen LogP contribution in [0.3, 0.4) is 0 Å². The lowest BCUT2D eigenvalue weighted by Crippen LogP contribution is -2.48. The monoisotopic (exact) mass is 339 g/mol. The lowest BCUT2D eigenvalue weighted by atomic mass is 9.99. The first-order chi connectivity index (χ1) is 8.99. The van der Waals surface area contributed by atoms with Crippen molar-refractivity contribution in [2.45, 2.75) is 64.1 Å². The van der Waals surface area contributed by atoms with Gasteiger partial charge in [-0.05, 0) is 46.0 Å². The molecule has 2 fully saturated rings. The normalized spacial score (nSPS) is 27.1. The van der Waals surface area contributed by atoms with Gasteiger partial charge < -0.3 is 15.5 Å². The highest BCUT2D eigenvalue weighted by molar-refractivity contribution is 5.85. The average molecular weight is 340 g/mol. The van der Waals surface area contributed by atoms with E-state index in [4.69, 9.17) is 5.73 Å². The van der Waals surface area contributed by atoms with Crippen molar-refractivity contribution in [3.05, 3.63) is 0 Å². The zero-order valence-electron chi connectivity index (χ0n) is 13.5. The van der Waals surface area contributed by atoms with Crippen molar-refractivity contribution >= 4 is 30.7 Å². The van der Waals surface area contributed by atoms with Crippen LogP contribution in [0.4, 0.5) is 0 Å². The predicted molar refractivity (Wildman–Crippen MR) is 92.3 cm³/mol. The Labute approximate surface area is 141 Å². The van der Waals surface area contributed by atoms with Crippen molar-refractivity contribution in [1.29, 1.82) is 0 Å². The number of hydrogen-bond acceptors (Lipinski definition) is 3. The molecule has 1 aliphatic heterocycles. The van der Waals surface area contributed by atoms with Crippen LogP contribution in [0.2, 0.25) is 0 Å². The molecule has 0 aromatic rings. The molecular formula is C15H31Cl2N3O. The Morgan fingerprint density at radius 3 is 2.14 bits per heavy atom. The number of halogens is 2. The summed E-state index contributed by atoms with van der Waals surface area (Å²) in [5.41, 5.74) is 5.92. The standard InChI is InChI=1S/C15H29N3O.2ClH/c1-11(2)18-8-6-14(7-9-18)17(3)15(19)12-4-5-13(16)10-12;;/h11-14H,4-10,16H2,1-3H3;2*1H. The maximum atomic E-state index is 12.5. The zero-order valence-corrected chi connectivity index (χ0v) is 15.1. The molecule has 0 bridgehead atoms. The second-order valence-electron chi connectivity index (χ2n) is 6.58. The third-order valence-electron chi connectivity index (χ3n) is 4.95. The topological polar surface area (TPSA) is 49.6 Å². The van der Waals surface area contributed by atoms with Gasteiger partial charge in [-0.25, -0.2) is 0 Å². The van der Waals surface area contributed by atoms with Gasteiger partial charge in [0.2, 0.25) is 5.91 Å². The van der Waals surface area contributed by atoms with E-state index >= 15 is 0 Å². The molecule has 1 heterocycles. The van der Waals surface area contributed by atoms with Gasteiger partial charge in [-0.2, -0.15) is 0 Å². The van der Waals surface area contributed by atoms with E-state index in [1.54, 1.807) is 0 Å². The summed E-state index contributed by atoms with van der Waals surface area (Å²) in [6.07, 6.45) is 5.09. The summed E-state index contributed by atoms with van der Waals surface area (Å²) in [5.74, 6) is 0.513. The Balaban J connectivity index is 0.00000200. The minimum Gasteiger partial charge on any atom is -0.342 e. The van der Waals surface area contributed by atoms with Gasteiger partial charge in [-0.1, -0.05) is 0 Å². The Morgan fingerprint density at radius 1 is 1.14 bits per heavy atom. The summed E-state index contributed by atoms with van der Waals surface area (Å²) < 4.78 is 0. The van der Waals surface area contributed by atoms with Crippen molar-refractivity contribution < 1.29 is 4.79 Å². The van der Waals surface area contributed by atoms with Gasteiger partial charge in [0.1, 0.15) is 0 Å². The van der Waals surface area contributed by atoms with Crippen LogP contribution in [0.1, 0.15) is 46.0 Å². The molecule has 1 amide bonds. The fourth-order valence-corrected chi connectivity index (χ4v) is 3.50. The van der Waals surface area contributed by atoms with Gasteiger partial charge in [0.25, 0.3) is 0 Å². The minimum atomic E-state index is 0. The Hall–Kier alpha value is -0.0300. The lowest BCUT2D eigenvalue weighted by Gasteiger charge is -2.39. The average Bonchev–Trinajstić information content (AvgIpc) is 2.84. The van der Waals surface area contributed by atoms with Crippen LogP contribution in [0.5, 0.6) is 0 Å². The van der Waals surface area contributed by atoms with Crippen LogP contribution in [0, 0.1) is 5.92 Å². The first-order valence-electron chi connectivity index (χ1n) is 7.75. The summed E-state index contributed by atoms with van der Waals surface area (Å²) >= 11 is 0. The van der Waals surface area contributed by atoms with Crippen LogP contribution in [0.15, 0.2) is 0 Å². The highest BCUT2D eigenvalue weighted by Crippen LogP contribution is 2.27. The Bertz CT molecular complexity index is 320. The van der Waals surface area contributed by atoms with Gasteiger partial charge in [-0.3, -0.25) is 4.79 Å². The fourth-order valence-electron chi connectivity index (χ4n) is 3.50. The van der Waals surface area contributed by atoms with E-state index in [0.29, 0.717) is 18.0 Å². The second-order valence-corrected chi connectivity index (χ2v) is 6.58. The molecule has 2 atom stereocenters. The second kappa shape index (κ2) is 9.19. The molecule has 21 heavy (non-hydrogen) atoms. The van der Waals surface area contributed by atoms with E-state index in [9.17, 15) is 4.79 Å². The van der Waals surface area contributed by atoms with Crippen molar-refractivity contribution in [2.75, 3.05) is 20.1 Å². The van der Waals surface area contributed by atoms with Gasteiger partial charge in [-0.15, -0.1) is 24.8 Å². The highest BCUT2D eigenvalue weighted by atomic mass is 35.5. The SMILES string of the molecule is CC(C)N1CCC(N(C)C(=O)C2CCC(N)C2)CC1.Cl.Cl. The summed E-state index contributed by atoms with van der Waals surface area (Å²) in [5, 5.41) is 0. The number of amides is 1. The van der Waals surface area contributed by atoms with Crippen LogP contribution in [-0.4, -0.2) is 54.0 Å². The van der Waals surface area contributed by atoms with Crippen LogP contribution in [0.25, 0.3) is 0 Å². The van der Waals surface area contributed by atoms with Gasteiger partial charge in [0.15, 0.2) is 0 Å². The maximum absolute atomic E-state index is 12.5. The maximum Gasteiger partial charge on any atom is 0.225 e. The Kier molecular flexibility index (Phi) is 9.17. The molecular weight excluding hydrogens is 309 g/mol. The molecule has 4 nitrogen and oxygen atoms in total. The summed E-state index contributed by atoms with van der Waals surface area (Å²) in [7, 11) is 1.99. The fraction of sp³-hybridized carbons (Fsp3) is 0.933. The number of carbonyl (C=O) groups excluding carboxylic acids is 1. The third kappa shape index (κ3) is 5.27. The first kappa shape index (κ1) is 21.0. The van der Waals surface area contributed by atoms with E-state index < -0.39 is 0 Å². The van der Waals surface area contributed by atoms with E-state index in [0.717, 1.165) is 45.2 Å². The molecule has 1 saturated heterocycles. The molecule has 0 aromatic carbocycles. The number of hydrogen-bond donors (Lipinski definition) is 1. The molecule has 1 aliphatic carbocycles. The number of likely N-dealkylation sites (tertiary alicyclic amines) is 1. The summed E-state index contributed by atoms with van der Waals surface area (Å²) in [6.45, 7) is 6.72. The molecule has 1 saturated carbocycles. The number of piperidine rings is 1. The molecule has 0 radical (unpaired) electrons. The predicted octanol–water partition coefficient (Wildman–Crippen LogP) is 2.29. The largest absolute Gasteiger partial charge is 0.342 e. The van der Waals surface area contributed by atoms with Crippen LogP contribution < -0.4 is 5.73 Å². The molecule has 0 aromatic heterocycles. The van der Waals surface area contributed by atoms with Crippen molar-refractivity contribution in [1.82, 2.24) is 9.80 Å². The van der Waals surface area contributed by atoms with E-state index in [2.05, 4.69) is 18.7 Å². The quantitative estimate of drug-likeness (QED) is 0.858. The van der Waals surface area contributed by atoms with Crippen LogP contribution >= 0.6 is 24.8 Å². The molecule has 2 unspecified atom stereocenters. The summed E-state index contributed by atoms with van der Waals surface area (Å²) in [6, 6.07) is 1.29. The van der Waals surface area contributed by atoms with Gasteiger partial charge in [0.05, 0.1) is 0 Å². The highest BCUT2D eigenvalue weighted by Gasteiger charge is 2.33. The third-order valence-corrected chi connectivity index (χ3v) is 4.95. The molecule has 0 spiro atoms. The number of carbonyl (C=O) groups is 1. The van der Waals surface area contributed by atoms with E-state index in [1.165, 1.54) is 0 Å². The number of nitrogens with two attached hydrogens (primary N) is 1. The molecule has 2 aliphatic rings. The van der Waals surface area contributed by atoms with Crippen molar-refractivity contribution in [2.24, 2.45) is 11.7 Å². The van der Waals surface area contributed by atoms with Crippen LogP contribution in [-0.2, 0) is 4.79 Å². The molecule has 6 heteroatoms. The number of rotatable bonds is 3. The van der Waals surface area contributed by atoms with Gasteiger partial charge in [0, 0.05) is 44.2 Å². The lowest BCUT2D eigenvalue weighted by molar-refractivity contribution is -0.137. The summed E-state index contributed by atoms with van der Waals surface area (Å²) in [4.78, 5) is 17.0. The van der Waals surface area contributed by atoms with Crippen molar-refractivity contribution in [3.63, 3.8) is 0 Å². The van der Waals surface area contributed by atoms with Crippen molar-refractivity contribution in [3.8, 4) is 0 Å². The molecule has 2 N–H and O–H groups in total. The Morgan fingerprint density at radius 2 is 1.71 bits per heavy atom. The molecule has 2 rings (SSSR count). The molecule has 126 valence electrons. The van der Waals surface area contributed by atoms with Gasteiger partial charge >= 0.3 is 0 Å². The van der Waals surface area contributed by atoms with E-state index in [1.807, 2.05) is 11.9 Å². The smallest absolute Gasteiger partial charge is 0.225 e. The number of nitrogens with zero attached hydrogens (tertiary/aromatic N) is 2. The minimum absolute atomic E-state index is 0. The first-order valence-corrected chi connectivity index (χ1v) is 7.75.